The molecule has 1 atom stereocenters. The van der Waals surface area contributed by atoms with Gasteiger partial charge in [0.05, 0.1) is 47.3 Å². The van der Waals surface area contributed by atoms with Gasteiger partial charge >= 0.3 is 0 Å². The average Bonchev–Trinajstić information content (AvgIpc) is 3.55. The smallest absolute Gasteiger partial charge is 0.165 e. The largest absolute Gasteiger partial charge is 0.377 e. The number of aromatic nitrogens is 4. The van der Waals surface area contributed by atoms with Crippen LogP contribution in [0.2, 0.25) is 0 Å². The summed E-state index contributed by atoms with van der Waals surface area (Å²) in [6.07, 6.45) is 4.99. The fraction of sp³-hybridized carbons (Fsp3) is 0.407. The van der Waals surface area contributed by atoms with Crippen molar-refractivity contribution in [2.75, 3.05) is 31.6 Å². The van der Waals surface area contributed by atoms with Crippen LogP contribution >= 0.6 is 11.3 Å². The molecule has 4 aromatic rings. The number of carbonyl (C=O) groups excluding carboxylic acids is 1. The van der Waals surface area contributed by atoms with Crippen molar-refractivity contribution < 1.29 is 9.53 Å². The molecule has 1 fully saturated rings. The molecule has 4 aromatic heterocycles. The average molecular weight is 505 g/mol. The zero-order valence-corrected chi connectivity index (χ0v) is 21.8. The SMILES string of the molecule is CCN(CC)[C@@H](C)CCC(=O)c1cc(NC2COC2)nc(-c2cnn3ccc(-c4cccs4)nc23)c1. The molecule has 8 nitrogen and oxygen atoms in total. The van der Waals surface area contributed by atoms with Crippen LogP contribution in [0.15, 0.2) is 48.1 Å². The monoisotopic (exact) mass is 504 g/mol. The number of ketones is 1. The number of hydrogen-bond donors (Lipinski definition) is 1. The Bertz CT molecular complexity index is 1330. The Hall–Kier alpha value is -3.14. The van der Waals surface area contributed by atoms with E-state index in [9.17, 15) is 4.79 Å². The molecule has 9 heteroatoms. The molecule has 0 aliphatic carbocycles. The van der Waals surface area contributed by atoms with Crippen LogP contribution < -0.4 is 5.32 Å². The van der Waals surface area contributed by atoms with Crippen LogP contribution in [0.25, 0.3) is 27.5 Å². The highest BCUT2D eigenvalue weighted by molar-refractivity contribution is 7.13. The molecule has 188 valence electrons. The summed E-state index contributed by atoms with van der Waals surface area (Å²) in [5.74, 6) is 0.795. The fourth-order valence-corrected chi connectivity index (χ4v) is 5.25. The van der Waals surface area contributed by atoms with Crippen LogP contribution in [0.1, 0.15) is 44.0 Å². The molecule has 1 aliphatic rings. The number of ether oxygens (including phenoxy) is 1. The first-order valence-electron chi connectivity index (χ1n) is 12.6. The highest BCUT2D eigenvalue weighted by atomic mass is 32.1. The van der Waals surface area contributed by atoms with E-state index in [-0.39, 0.29) is 11.8 Å². The van der Waals surface area contributed by atoms with E-state index >= 15 is 0 Å². The van der Waals surface area contributed by atoms with Crippen molar-refractivity contribution in [1.82, 2.24) is 24.5 Å². The number of thiophene rings is 1. The van der Waals surface area contributed by atoms with E-state index in [0.29, 0.717) is 48.4 Å². The van der Waals surface area contributed by atoms with Gasteiger partial charge in [-0.3, -0.25) is 4.79 Å². The maximum atomic E-state index is 13.3. The van der Waals surface area contributed by atoms with Crippen LogP contribution in [-0.4, -0.2) is 68.7 Å². The molecule has 0 aromatic carbocycles. The van der Waals surface area contributed by atoms with Gasteiger partial charge in [-0.25, -0.2) is 14.5 Å². The third-order valence-corrected chi connectivity index (χ3v) is 7.67. The summed E-state index contributed by atoms with van der Waals surface area (Å²) >= 11 is 1.65. The first kappa shape index (κ1) is 24.5. The van der Waals surface area contributed by atoms with Gasteiger partial charge in [0.1, 0.15) is 5.82 Å². The second-order valence-corrected chi connectivity index (χ2v) is 10.1. The van der Waals surface area contributed by atoms with E-state index in [1.165, 1.54) is 0 Å². The Morgan fingerprint density at radius 2 is 2.06 bits per heavy atom. The molecule has 5 rings (SSSR count). The minimum atomic E-state index is 0.120. The van der Waals surface area contributed by atoms with Crippen molar-refractivity contribution in [3.05, 3.63) is 53.7 Å². The van der Waals surface area contributed by atoms with Crippen molar-refractivity contribution in [2.45, 2.75) is 45.7 Å². The number of nitrogens with one attached hydrogen (secondary N) is 1. The number of rotatable bonds is 11. The number of nitrogens with zero attached hydrogens (tertiary/aromatic N) is 5. The Morgan fingerprint density at radius 3 is 2.75 bits per heavy atom. The third-order valence-electron chi connectivity index (χ3n) is 6.78. The maximum absolute atomic E-state index is 13.3. The molecular weight excluding hydrogens is 472 g/mol. The van der Waals surface area contributed by atoms with Crippen LogP contribution in [0.5, 0.6) is 0 Å². The summed E-state index contributed by atoms with van der Waals surface area (Å²) in [4.78, 5) is 26.5. The van der Waals surface area contributed by atoms with Gasteiger partial charge in [-0.1, -0.05) is 19.9 Å². The Labute approximate surface area is 215 Å². The van der Waals surface area contributed by atoms with Crippen molar-refractivity contribution in [2.24, 2.45) is 0 Å². The predicted octanol–water partition coefficient (Wildman–Crippen LogP) is 5.02. The molecule has 0 unspecified atom stereocenters. The third kappa shape index (κ3) is 5.18. The number of pyridine rings is 1. The standard InChI is InChI=1S/C27H32N6O2S/c1-4-32(5-2)18(3)8-9-24(34)19-13-23(30-26(14-19)29-20-16-35-17-20)21-15-28-33-11-10-22(31-27(21)33)25-7-6-12-36-25/h6-7,10-15,18,20H,4-5,8-9,16-17H2,1-3H3,(H,29,30)/t18-/m0/s1. The van der Waals surface area contributed by atoms with E-state index in [1.54, 1.807) is 22.0 Å². The van der Waals surface area contributed by atoms with Crippen LogP contribution in [0, 0.1) is 0 Å². The molecule has 1 N–H and O–H groups in total. The maximum Gasteiger partial charge on any atom is 0.165 e. The van der Waals surface area contributed by atoms with Gasteiger partial charge in [0.15, 0.2) is 11.4 Å². The number of Topliss-reactive ketones (excluding diaryl/α,β-unsaturated/α-hetero) is 1. The summed E-state index contributed by atoms with van der Waals surface area (Å²) in [5.41, 5.74) is 3.75. The number of hydrogen-bond acceptors (Lipinski definition) is 8. The molecule has 0 amide bonds. The zero-order chi connectivity index (χ0) is 25.1. The summed E-state index contributed by atoms with van der Waals surface area (Å²) < 4.78 is 7.07. The molecule has 1 aliphatic heterocycles. The normalized spacial score (nSPS) is 14.8. The van der Waals surface area contributed by atoms with Gasteiger partial charge in [0, 0.05) is 24.2 Å². The van der Waals surface area contributed by atoms with Crippen molar-refractivity contribution in [3.63, 3.8) is 0 Å². The first-order valence-corrected chi connectivity index (χ1v) is 13.5. The van der Waals surface area contributed by atoms with Gasteiger partial charge < -0.3 is 15.0 Å². The van der Waals surface area contributed by atoms with Crippen LogP contribution in [0.3, 0.4) is 0 Å². The van der Waals surface area contributed by atoms with E-state index in [2.05, 4.69) is 42.2 Å². The highest BCUT2D eigenvalue weighted by Gasteiger charge is 2.21. The van der Waals surface area contributed by atoms with E-state index < -0.39 is 0 Å². The molecule has 0 spiro atoms. The summed E-state index contributed by atoms with van der Waals surface area (Å²) in [6, 6.07) is 10.3. The second-order valence-electron chi connectivity index (χ2n) is 9.15. The summed E-state index contributed by atoms with van der Waals surface area (Å²) in [6.45, 7) is 9.76. The lowest BCUT2D eigenvalue weighted by atomic mass is 10.0. The van der Waals surface area contributed by atoms with E-state index in [1.807, 2.05) is 35.8 Å². The minimum absolute atomic E-state index is 0.120. The molecule has 0 saturated carbocycles. The zero-order valence-electron chi connectivity index (χ0n) is 21.0. The number of carbonyl (C=O) groups is 1. The molecule has 1 saturated heterocycles. The van der Waals surface area contributed by atoms with Gasteiger partial charge in [-0.2, -0.15) is 5.10 Å². The first-order chi connectivity index (χ1) is 17.6. The summed E-state index contributed by atoms with van der Waals surface area (Å²) in [5, 5.41) is 9.95. The lowest BCUT2D eigenvalue weighted by Gasteiger charge is -2.27. The molecule has 36 heavy (non-hydrogen) atoms. The Balaban J connectivity index is 1.47. The quantitative estimate of drug-likeness (QED) is 0.287. The van der Waals surface area contributed by atoms with E-state index in [4.69, 9.17) is 14.7 Å². The van der Waals surface area contributed by atoms with Gasteiger partial charge in [0.25, 0.3) is 0 Å². The molecule has 5 heterocycles. The minimum Gasteiger partial charge on any atom is -0.377 e. The van der Waals surface area contributed by atoms with Crippen molar-refractivity contribution in [1.29, 1.82) is 0 Å². The molecule has 0 radical (unpaired) electrons. The van der Waals surface area contributed by atoms with Crippen molar-refractivity contribution >= 4 is 28.6 Å². The highest BCUT2D eigenvalue weighted by Crippen LogP contribution is 2.29. The second kappa shape index (κ2) is 10.9. The van der Waals surface area contributed by atoms with Gasteiger partial charge in [-0.05, 0) is 56.1 Å². The van der Waals surface area contributed by atoms with Crippen LogP contribution in [-0.2, 0) is 4.74 Å². The van der Waals surface area contributed by atoms with Crippen LogP contribution in [0.4, 0.5) is 5.82 Å². The molecule has 0 bridgehead atoms. The lowest BCUT2D eigenvalue weighted by molar-refractivity contribution is 0.0209. The molecular formula is C27H32N6O2S. The summed E-state index contributed by atoms with van der Waals surface area (Å²) in [7, 11) is 0. The predicted molar refractivity (Wildman–Crippen MR) is 144 cm³/mol. The number of anilines is 1. The van der Waals surface area contributed by atoms with Gasteiger partial charge in [0.2, 0.25) is 0 Å². The van der Waals surface area contributed by atoms with Gasteiger partial charge in [-0.15, -0.1) is 11.3 Å². The Morgan fingerprint density at radius 1 is 1.22 bits per heavy atom. The Kier molecular flexibility index (Phi) is 7.41. The lowest BCUT2D eigenvalue weighted by Crippen LogP contribution is -2.40. The van der Waals surface area contributed by atoms with Crippen molar-refractivity contribution in [3.8, 4) is 21.8 Å². The van der Waals surface area contributed by atoms with E-state index in [0.717, 1.165) is 35.6 Å². The fourth-order valence-electron chi connectivity index (χ4n) is 4.56. The topological polar surface area (TPSA) is 84.7 Å². The number of fused-ring (bicyclic) bond motifs is 1.